The molecule has 0 radical (unpaired) electrons. The predicted octanol–water partition coefficient (Wildman–Crippen LogP) is 4.38. The number of benzene rings is 1. The van der Waals surface area contributed by atoms with Gasteiger partial charge in [-0.2, -0.15) is 0 Å². The molecule has 106 valence electrons. The first-order valence-corrected chi connectivity index (χ1v) is 8.00. The zero-order chi connectivity index (χ0) is 13.7. The topological polar surface area (TPSA) is 12.0 Å². The first-order chi connectivity index (χ1) is 9.20. The maximum Gasteiger partial charge on any atom is -0.00146 e. The van der Waals surface area contributed by atoms with E-state index >= 15 is 0 Å². The monoisotopic (exact) mass is 259 g/mol. The first kappa shape index (κ1) is 14.6. The summed E-state index contributed by atoms with van der Waals surface area (Å²) in [7, 11) is 0. The van der Waals surface area contributed by atoms with E-state index in [-0.39, 0.29) is 0 Å². The molecule has 19 heavy (non-hydrogen) atoms. The van der Waals surface area contributed by atoms with Crippen molar-refractivity contribution in [2.24, 2.45) is 11.8 Å². The Hall–Kier alpha value is -0.820. The standard InChI is InChI=1S/C18H29N/c1-4-15-8-10-16(11-9-15)18-7-5-6-17(18)13-19-12-14(2)3/h8-11,14,17-19H,4-7,12-13H2,1-3H3. The molecule has 2 atom stereocenters. The van der Waals surface area contributed by atoms with Gasteiger partial charge >= 0.3 is 0 Å². The quantitative estimate of drug-likeness (QED) is 0.799. The van der Waals surface area contributed by atoms with Gasteiger partial charge in [-0.15, -0.1) is 0 Å². The summed E-state index contributed by atoms with van der Waals surface area (Å²) in [5.74, 6) is 2.38. The van der Waals surface area contributed by atoms with E-state index in [4.69, 9.17) is 0 Å². The van der Waals surface area contributed by atoms with E-state index in [0.29, 0.717) is 0 Å². The van der Waals surface area contributed by atoms with Gasteiger partial charge in [0.1, 0.15) is 0 Å². The molecule has 1 aromatic rings. The minimum atomic E-state index is 0.753. The average molecular weight is 259 g/mol. The highest BCUT2D eigenvalue weighted by molar-refractivity contribution is 5.26. The van der Waals surface area contributed by atoms with Crippen LogP contribution in [0.5, 0.6) is 0 Å². The number of hydrogen-bond donors (Lipinski definition) is 1. The summed E-state index contributed by atoms with van der Waals surface area (Å²) in [5.41, 5.74) is 3.02. The average Bonchev–Trinajstić information content (AvgIpc) is 2.87. The molecule has 2 unspecified atom stereocenters. The minimum absolute atomic E-state index is 0.753. The maximum atomic E-state index is 3.65. The molecule has 2 rings (SSSR count). The zero-order valence-corrected chi connectivity index (χ0v) is 12.8. The van der Waals surface area contributed by atoms with E-state index in [2.05, 4.69) is 50.4 Å². The van der Waals surface area contributed by atoms with Gasteiger partial charge < -0.3 is 5.32 Å². The van der Waals surface area contributed by atoms with E-state index in [9.17, 15) is 0 Å². The fraction of sp³-hybridized carbons (Fsp3) is 0.667. The van der Waals surface area contributed by atoms with Crippen LogP contribution in [0.3, 0.4) is 0 Å². The second-order valence-corrected chi connectivity index (χ2v) is 6.44. The first-order valence-electron chi connectivity index (χ1n) is 8.00. The summed E-state index contributed by atoms with van der Waals surface area (Å²) >= 11 is 0. The summed E-state index contributed by atoms with van der Waals surface area (Å²) in [6, 6.07) is 9.35. The van der Waals surface area contributed by atoms with Crippen LogP contribution >= 0.6 is 0 Å². The smallest absolute Gasteiger partial charge is 0.00146 e. The molecule has 0 heterocycles. The van der Waals surface area contributed by atoms with Crippen LogP contribution in [0.1, 0.15) is 57.1 Å². The Morgan fingerprint density at radius 1 is 1.16 bits per heavy atom. The summed E-state index contributed by atoms with van der Waals surface area (Å²) < 4.78 is 0. The lowest BCUT2D eigenvalue weighted by atomic mass is 9.88. The van der Waals surface area contributed by atoms with Gasteiger partial charge in [0.2, 0.25) is 0 Å². The molecular weight excluding hydrogens is 230 g/mol. The largest absolute Gasteiger partial charge is 0.316 e. The Balaban J connectivity index is 1.93. The van der Waals surface area contributed by atoms with E-state index in [1.165, 1.54) is 31.4 Å². The number of rotatable bonds is 6. The van der Waals surface area contributed by atoms with Gasteiger partial charge in [0.05, 0.1) is 0 Å². The highest BCUT2D eigenvalue weighted by Gasteiger charge is 2.27. The van der Waals surface area contributed by atoms with Crippen LogP contribution in [0.25, 0.3) is 0 Å². The van der Waals surface area contributed by atoms with Crippen molar-refractivity contribution in [3.05, 3.63) is 35.4 Å². The van der Waals surface area contributed by atoms with Crippen molar-refractivity contribution in [1.29, 1.82) is 0 Å². The molecule has 0 amide bonds. The molecule has 1 saturated carbocycles. The lowest BCUT2D eigenvalue weighted by Gasteiger charge is -2.21. The molecule has 1 heteroatoms. The molecule has 1 N–H and O–H groups in total. The van der Waals surface area contributed by atoms with Gasteiger partial charge in [0.15, 0.2) is 0 Å². The van der Waals surface area contributed by atoms with Gasteiger partial charge in [-0.1, -0.05) is 51.5 Å². The van der Waals surface area contributed by atoms with Crippen LogP contribution in [-0.4, -0.2) is 13.1 Å². The SMILES string of the molecule is CCc1ccc(C2CCCC2CNCC(C)C)cc1. The molecule has 0 saturated heterocycles. The summed E-state index contributed by atoms with van der Waals surface area (Å²) in [6.45, 7) is 9.13. The van der Waals surface area contributed by atoms with E-state index in [1.54, 1.807) is 5.56 Å². The van der Waals surface area contributed by atoms with Crippen molar-refractivity contribution in [2.75, 3.05) is 13.1 Å². The Morgan fingerprint density at radius 3 is 2.53 bits per heavy atom. The molecule has 0 spiro atoms. The van der Waals surface area contributed by atoms with Crippen LogP contribution < -0.4 is 5.32 Å². The van der Waals surface area contributed by atoms with Crippen molar-refractivity contribution in [3.8, 4) is 0 Å². The minimum Gasteiger partial charge on any atom is -0.316 e. The Labute approximate surface area is 118 Å². The van der Waals surface area contributed by atoms with E-state index < -0.39 is 0 Å². The number of aryl methyl sites for hydroxylation is 1. The van der Waals surface area contributed by atoms with Gasteiger partial charge in [-0.05, 0) is 61.2 Å². The molecule has 1 fully saturated rings. The van der Waals surface area contributed by atoms with Gasteiger partial charge in [-0.3, -0.25) is 0 Å². The third kappa shape index (κ3) is 4.07. The van der Waals surface area contributed by atoms with E-state index in [0.717, 1.165) is 30.7 Å². The Morgan fingerprint density at radius 2 is 1.89 bits per heavy atom. The maximum absolute atomic E-state index is 3.65. The van der Waals surface area contributed by atoms with Gasteiger partial charge in [-0.25, -0.2) is 0 Å². The normalized spacial score (nSPS) is 23.2. The number of nitrogens with one attached hydrogen (secondary N) is 1. The van der Waals surface area contributed by atoms with Crippen molar-refractivity contribution in [2.45, 2.75) is 52.4 Å². The van der Waals surface area contributed by atoms with Crippen LogP contribution in [0.15, 0.2) is 24.3 Å². The van der Waals surface area contributed by atoms with E-state index in [1.807, 2.05) is 0 Å². The van der Waals surface area contributed by atoms with Gasteiger partial charge in [0, 0.05) is 0 Å². The fourth-order valence-electron chi connectivity index (χ4n) is 3.28. The molecule has 1 aromatic carbocycles. The zero-order valence-electron chi connectivity index (χ0n) is 12.8. The lowest BCUT2D eigenvalue weighted by Crippen LogP contribution is -2.27. The molecule has 1 aliphatic carbocycles. The van der Waals surface area contributed by atoms with Gasteiger partial charge in [0.25, 0.3) is 0 Å². The van der Waals surface area contributed by atoms with Crippen LogP contribution in [0, 0.1) is 11.8 Å². The lowest BCUT2D eigenvalue weighted by molar-refractivity contribution is 0.425. The molecule has 1 aliphatic rings. The highest BCUT2D eigenvalue weighted by atomic mass is 14.9. The fourth-order valence-corrected chi connectivity index (χ4v) is 3.28. The molecular formula is C18H29N. The van der Waals surface area contributed by atoms with Crippen molar-refractivity contribution in [3.63, 3.8) is 0 Å². The van der Waals surface area contributed by atoms with Crippen molar-refractivity contribution in [1.82, 2.24) is 5.32 Å². The van der Waals surface area contributed by atoms with Crippen LogP contribution in [-0.2, 0) is 6.42 Å². The van der Waals surface area contributed by atoms with Crippen LogP contribution in [0.4, 0.5) is 0 Å². The summed E-state index contributed by atoms with van der Waals surface area (Å²) in [5, 5.41) is 3.65. The third-order valence-electron chi connectivity index (χ3n) is 4.43. The third-order valence-corrected chi connectivity index (χ3v) is 4.43. The highest BCUT2D eigenvalue weighted by Crippen LogP contribution is 2.39. The molecule has 0 bridgehead atoms. The Bertz CT molecular complexity index is 366. The molecule has 0 aliphatic heterocycles. The second kappa shape index (κ2) is 7.09. The Kier molecular flexibility index (Phi) is 5.45. The predicted molar refractivity (Wildman–Crippen MR) is 83.6 cm³/mol. The number of hydrogen-bond acceptors (Lipinski definition) is 1. The summed E-state index contributed by atoms with van der Waals surface area (Å²) in [6.07, 6.45) is 5.31. The second-order valence-electron chi connectivity index (χ2n) is 6.44. The summed E-state index contributed by atoms with van der Waals surface area (Å²) in [4.78, 5) is 0. The molecule has 1 nitrogen and oxygen atoms in total. The van der Waals surface area contributed by atoms with Crippen molar-refractivity contribution >= 4 is 0 Å². The van der Waals surface area contributed by atoms with Crippen molar-refractivity contribution < 1.29 is 0 Å². The van der Waals surface area contributed by atoms with Crippen LogP contribution in [0.2, 0.25) is 0 Å². The molecule has 0 aromatic heterocycles.